The number of rotatable bonds is 5. The normalized spacial score (nSPS) is 11.0. The van der Waals surface area contributed by atoms with Crippen molar-refractivity contribution in [3.8, 4) is 0 Å². The summed E-state index contributed by atoms with van der Waals surface area (Å²) < 4.78 is 5.33. The molecule has 4 nitrogen and oxygen atoms in total. The molecule has 1 N–H and O–H groups in total. The van der Waals surface area contributed by atoms with E-state index in [2.05, 4.69) is 53.4 Å². The Morgan fingerprint density at radius 3 is 2.64 bits per heavy atom. The molecule has 2 rings (SSSR count). The summed E-state index contributed by atoms with van der Waals surface area (Å²) in [5, 5.41) is 3.36. The first-order valence-corrected chi connectivity index (χ1v) is 7.19. The number of guanidine groups is 1. The predicted molar refractivity (Wildman–Crippen MR) is 102 cm³/mol. The van der Waals surface area contributed by atoms with Gasteiger partial charge in [0.2, 0.25) is 0 Å². The third-order valence-corrected chi connectivity index (χ3v) is 3.48. The molecule has 0 amide bonds. The number of nitrogens with one attached hydrogen (secondary N) is 1. The molecule has 2 aromatic rings. The van der Waals surface area contributed by atoms with E-state index in [1.807, 2.05) is 19.2 Å². The molecule has 0 atom stereocenters. The molecule has 1 aromatic carbocycles. The number of furan rings is 1. The van der Waals surface area contributed by atoms with Crippen molar-refractivity contribution in [3.05, 3.63) is 59.5 Å². The Kier molecular flexibility index (Phi) is 8.01. The highest BCUT2D eigenvalue weighted by Gasteiger charge is 2.07. The van der Waals surface area contributed by atoms with Crippen molar-refractivity contribution in [2.24, 2.45) is 4.99 Å². The maximum absolute atomic E-state index is 5.33. The molecular formula is C17H24IN3O. The van der Waals surface area contributed by atoms with Crippen molar-refractivity contribution < 1.29 is 4.42 Å². The molecule has 1 aromatic heterocycles. The molecule has 5 heteroatoms. The van der Waals surface area contributed by atoms with Crippen molar-refractivity contribution in [2.45, 2.75) is 19.9 Å². The lowest BCUT2D eigenvalue weighted by molar-refractivity contribution is 0.469. The molecular weight excluding hydrogens is 389 g/mol. The van der Waals surface area contributed by atoms with Gasteiger partial charge < -0.3 is 14.6 Å². The van der Waals surface area contributed by atoms with Gasteiger partial charge in [-0.15, -0.1) is 24.0 Å². The lowest BCUT2D eigenvalue weighted by Gasteiger charge is -2.22. The molecule has 1 heterocycles. The second-order valence-corrected chi connectivity index (χ2v) is 5.09. The first kappa shape index (κ1) is 18.5. The van der Waals surface area contributed by atoms with Crippen LogP contribution in [0.5, 0.6) is 0 Å². The van der Waals surface area contributed by atoms with Gasteiger partial charge in [-0.25, -0.2) is 0 Å². The van der Waals surface area contributed by atoms with Crippen LogP contribution in [0.2, 0.25) is 0 Å². The van der Waals surface area contributed by atoms with E-state index in [4.69, 9.17) is 4.42 Å². The molecule has 0 bridgehead atoms. The lowest BCUT2D eigenvalue weighted by atomic mass is 10.1. The van der Waals surface area contributed by atoms with Crippen molar-refractivity contribution >= 4 is 29.9 Å². The van der Waals surface area contributed by atoms with Gasteiger partial charge in [-0.05, 0) is 30.2 Å². The van der Waals surface area contributed by atoms with E-state index >= 15 is 0 Å². The van der Waals surface area contributed by atoms with E-state index in [0.29, 0.717) is 0 Å². The van der Waals surface area contributed by atoms with Crippen LogP contribution in [-0.2, 0) is 13.0 Å². The van der Waals surface area contributed by atoms with E-state index in [9.17, 15) is 0 Å². The number of halogens is 1. The van der Waals surface area contributed by atoms with Crippen molar-refractivity contribution in [3.63, 3.8) is 0 Å². The third-order valence-electron chi connectivity index (χ3n) is 3.48. The van der Waals surface area contributed by atoms with Gasteiger partial charge in [0.05, 0.1) is 6.26 Å². The number of aryl methyl sites for hydroxylation is 1. The Bertz CT molecular complexity index is 581. The zero-order valence-corrected chi connectivity index (χ0v) is 15.7. The summed E-state index contributed by atoms with van der Waals surface area (Å²) in [7, 11) is 3.86. The minimum Gasteiger partial charge on any atom is -0.469 e. The van der Waals surface area contributed by atoms with Crippen LogP contribution in [-0.4, -0.2) is 31.5 Å². The quantitative estimate of drug-likeness (QED) is 0.464. The van der Waals surface area contributed by atoms with E-state index in [0.717, 1.165) is 31.2 Å². The third kappa shape index (κ3) is 5.36. The highest BCUT2D eigenvalue weighted by molar-refractivity contribution is 14.0. The van der Waals surface area contributed by atoms with Crippen LogP contribution in [0.3, 0.4) is 0 Å². The second kappa shape index (κ2) is 9.50. The predicted octanol–water partition coefficient (Wildman–Crippen LogP) is 3.46. The summed E-state index contributed by atoms with van der Waals surface area (Å²) >= 11 is 0. The van der Waals surface area contributed by atoms with Gasteiger partial charge in [-0.2, -0.15) is 0 Å². The van der Waals surface area contributed by atoms with Gasteiger partial charge in [0.25, 0.3) is 0 Å². The molecule has 0 aliphatic heterocycles. The second-order valence-electron chi connectivity index (χ2n) is 5.09. The first-order valence-electron chi connectivity index (χ1n) is 7.19. The molecule has 0 aliphatic rings. The number of hydrogen-bond acceptors (Lipinski definition) is 2. The maximum atomic E-state index is 5.33. The van der Waals surface area contributed by atoms with Crippen molar-refractivity contribution in [2.75, 3.05) is 20.6 Å². The maximum Gasteiger partial charge on any atom is 0.193 e. The summed E-state index contributed by atoms with van der Waals surface area (Å²) in [6, 6.07) is 12.3. The molecule has 0 spiro atoms. The summed E-state index contributed by atoms with van der Waals surface area (Å²) in [5.41, 5.74) is 2.62. The molecule has 0 saturated heterocycles. The molecule has 0 unspecified atom stereocenters. The fourth-order valence-corrected chi connectivity index (χ4v) is 2.25. The van der Waals surface area contributed by atoms with Crippen molar-refractivity contribution in [1.82, 2.24) is 10.2 Å². The van der Waals surface area contributed by atoms with Crippen LogP contribution in [0.15, 0.2) is 52.1 Å². The van der Waals surface area contributed by atoms with Crippen LogP contribution < -0.4 is 5.32 Å². The van der Waals surface area contributed by atoms with Crippen LogP contribution in [0.4, 0.5) is 0 Å². The average molecular weight is 413 g/mol. The molecule has 0 radical (unpaired) electrons. The number of aliphatic imine (C=N–C) groups is 1. The number of hydrogen-bond donors (Lipinski definition) is 1. The van der Waals surface area contributed by atoms with E-state index in [1.54, 1.807) is 6.26 Å². The van der Waals surface area contributed by atoms with E-state index in [-0.39, 0.29) is 24.0 Å². The van der Waals surface area contributed by atoms with Crippen LogP contribution >= 0.6 is 24.0 Å². The highest BCUT2D eigenvalue weighted by atomic mass is 127. The first-order chi connectivity index (χ1) is 10.2. The van der Waals surface area contributed by atoms with Gasteiger partial charge in [-0.3, -0.25) is 4.99 Å². The number of nitrogens with zero attached hydrogens (tertiary/aromatic N) is 2. The van der Waals surface area contributed by atoms with Gasteiger partial charge >= 0.3 is 0 Å². The topological polar surface area (TPSA) is 40.8 Å². The summed E-state index contributed by atoms with van der Waals surface area (Å²) in [5.74, 6) is 1.88. The Balaban J connectivity index is 0.00000242. The fraction of sp³-hybridized carbons (Fsp3) is 0.353. The number of benzene rings is 1. The van der Waals surface area contributed by atoms with E-state index < -0.39 is 0 Å². The molecule has 22 heavy (non-hydrogen) atoms. The molecule has 0 saturated carbocycles. The van der Waals surface area contributed by atoms with E-state index in [1.165, 1.54) is 11.1 Å². The minimum absolute atomic E-state index is 0. The zero-order chi connectivity index (χ0) is 15.1. The Hall–Kier alpha value is -1.50. The molecule has 0 aliphatic carbocycles. The van der Waals surface area contributed by atoms with Crippen LogP contribution in [0.1, 0.15) is 16.9 Å². The van der Waals surface area contributed by atoms with Gasteiger partial charge in [0.15, 0.2) is 5.96 Å². The molecule has 0 fully saturated rings. The molecule has 120 valence electrons. The van der Waals surface area contributed by atoms with Gasteiger partial charge in [0.1, 0.15) is 5.76 Å². The summed E-state index contributed by atoms with van der Waals surface area (Å²) in [4.78, 5) is 6.46. The summed E-state index contributed by atoms with van der Waals surface area (Å²) in [6.45, 7) is 3.78. The zero-order valence-electron chi connectivity index (χ0n) is 13.4. The average Bonchev–Trinajstić information content (AvgIpc) is 2.99. The minimum atomic E-state index is 0. The smallest absolute Gasteiger partial charge is 0.193 e. The van der Waals surface area contributed by atoms with Gasteiger partial charge in [-0.1, -0.05) is 24.3 Å². The van der Waals surface area contributed by atoms with Crippen LogP contribution in [0, 0.1) is 6.92 Å². The Morgan fingerprint density at radius 1 is 1.23 bits per heavy atom. The van der Waals surface area contributed by atoms with Gasteiger partial charge in [0, 0.05) is 33.6 Å². The SMILES string of the molecule is CN=C(NCCc1ccco1)N(C)Cc1ccccc1C.I. The highest BCUT2D eigenvalue weighted by Crippen LogP contribution is 2.09. The Labute approximate surface area is 149 Å². The fourth-order valence-electron chi connectivity index (χ4n) is 2.25. The Morgan fingerprint density at radius 2 is 2.00 bits per heavy atom. The summed E-state index contributed by atoms with van der Waals surface area (Å²) in [6.07, 6.45) is 2.55. The van der Waals surface area contributed by atoms with Crippen molar-refractivity contribution in [1.29, 1.82) is 0 Å². The standard InChI is InChI=1S/C17H23N3O.HI/c1-14-7-4-5-8-15(14)13-20(3)17(18-2)19-11-10-16-9-6-12-21-16;/h4-9,12H,10-11,13H2,1-3H3,(H,18,19);1H. The largest absolute Gasteiger partial charge is 0.469 e. The monoisotopic (exact) mass is 413 g/mol. The lowest BCUT2D eigenvalue weighted by Crippen LogP contribution is -2.39. The van der Waals surface area contributed by atoms with Crippen LogP contribution in [0.25, 0.3) is 0 Å².